The molecule has 0 amide bonds. The Bertz CT molecular complexity index is 585. The second-order valence-electron chi connectivity index (χ2n) is 4.37. The van der Waals surface area contributed by atoms with Gasteiger partial charge in [-0.15, -0.1) is 0 Å². The van der Waals surface area contributed by atoms with Gasteiger partial charge in [0, 0.05) is 6.08 Å². The van der Waals surface area contributed by atoms with E-state index < -0.39 is 5.97 Å². The van der Waals surface area contributed by atoms with Gasteiger partial charge >= 0.3 is 5.97 Å². The molecule has 21 heavy (non-hydrogen) atoms. The molecule has 0 aliphatic carbocycles. The van der Waals surface area contributed by atoms with E-state index in [4.69, 9.17) is 13.9 Å². The molecule has 0 unspecified atom stereocenters. The van der Waals surface area contributed by atoms with Crippen LogP contribution in [0.5, 0.6) is 5.75 Å². The highest BCUT2D eigenvalue weighted by Crippen LogP contribution is 2.13. The van der Waals surface area contributed by atoms with Crippen LogP contribution in [0.1, 0.15) is 18.2 Å². The Morgan fingerprint density at radius 2 is 2.14 bits per heavy atom. The Morgan fingerprint density at radius 3 is 2.90 bits per heavy atom. The van der Waals surface area contributed by atoms with Crippen molar-refractivity contribution >= 4 is 12.0 Å². The second-order valence-corrected chi connectivity index (χ2v) is 4.37. The topological polar surface area (TPSA) is 48.7 Å². The monoisotopic (exact) mass is 286 g/mol. The molecule has 0 N–H and O–H groups in total. The van der Waals surface area contributed by atoms with E-state index >= 15 is 0 Å². The van der Waals surface area contributed by atoms with Gasteiger partial charge in [0.15, 0.2) is 0 Å². The number of aryl methyl sites for hydroxylation is 1. The molecule has 0 aliphatic heterocycles. The summed E-state index contributed by atoms with van der Waals surface area (Å²) in [5.41, 5.74) is 1.21. The third-order valence-corrected chi connectivity index (χ3v) is 2.83. The number of benzene rings is 1. The van der Waals surface area contributed by atoms with Gasteiger partial charge in [-0.25, -0.2) is 4.79 Å². The van der Waals surface area contributed by atoms with Crippen molar-refractivity contribution in [2.75, 3.05) is 13.2 Å². The molecule has 0 fully saturated rings. The Morgan fingerprint density at radius 1 is 1.24 bits per heavy atom. The normalized spacial score (nSPS) is 10.7. The molecule has 2 aromatic rings. The van der Waals surface area contributed by atoms with Gasteiger partial charge in [0.05, 0.1) is 6.26 Å². The van der Waals surface area contributed by atoms with Gasteiger partial charge in [-0.2, -0.15) is 0 Å². The molecule has 110 valence electrons. The van der Waals surface area contributed by atoms with E-state index in [2.05, 4.69) is 6.92 Å². The van der Waals surface area contributed by atoms with E-state index in [1.165, 1.54) is 11.6 Å². The maximum atomic E-state index is 11.4. The lowest BCUT2D eigenvalue weighted by molar-refractivity contribution is -0.138. The molecule has 2 rings (SSSR count). The molecular formula is C17H18O4. The van der Waals surface area contributed by atoms with Crippen molar-refractivity contribution in [3.05, 3.63) is 60.1 Å². The Hall–Kier alpha value is -2.49. The lowest BCUT2D eigenvalue weighted by atomic mass is 10.2. The summed E-state index contributed by atoms with van der Waals surface area (Å²) in [6.07, 6.45) is 5.40. The first-order chi connectivity index (χ1) is 10.3. The van der Waals surface area contributed by atoms with Gasteiger partial charge in [0.1, 0.15) is 24.7 Å². The van der Waals surface area contributed by atoms with Crippen molar-refractivity contribution in [3.63, 3.8) is 0 Å². The summed E-state index contributed by atoms with van der Waals surface area (Å²) in [6, 6.07) is 11.4. The van der Waals surface area contributed by atoms with E-state index in [0.29, 0.717) is 12.4 Å². The zero-order chi connectivity index (χ0) is 14.9. The number of esters is 1. The Kier molecular flexibility index (Phi) is 5.64. The molecule has 4 heteroatoms. The van der Waals surface area contributed by atoms with E-state index in [0.717, 1.165) is 12.2 Å². The molecule has 0 saturated heterocycles. The van der Waals surface area contributed by atoms with E-state index in [9.17, 15) is 4.79 Å². The number of carbonyl (C=O) groups is 1. The van der Waals surface area contributed by atoms with Crippen LogP contribution in [0.2, 0.25) is 0 Å². The Labute approximate surface area is 124 Å². The highest BCUT2D eigenvalue weighted by molar-refractivity contribution is 5.86. The van der Waals surface area contributed by atoms with Crippen molar-refractivity contribution in [3.8, 4) is 5.75 Å². The van der Waals surface area contributed by atoms with Crippen molar-refractivity contribution in [1.29, 1.82) is 0 Å². The molecular weight excluding hydrogens is 268 g/mol. The smallest absolute Gasteiger partial charge is 0.331 e. The van der Waals surface area contributed by atoms with Gasteiger partial charge in [-0.3, -0.25) is 0 Å². The van der Waals surface area contributed by atoms with Gasteiger partial charge in [-0.1, -0.05) is 19.1 Å². The zero-order valence-corrected chi connectivity index (χ0v) is 12.0. The fourth-order valence-corrected chi connectivity index (χ4v) is 1.74. The highest BCUT2D eigenvalue weighted by Gasteiger charge is 1.99. The summed E-state index contributed by atoms with van der Waals surface area (Å²) < 4.78 is 15.6. The number of rotatable bonds is 7. The van der Waals surface area contributed by atoms with Crippen LogP contribution in [-0.4, -0.2) is 19.2 Å². The van der Waals surface area contributed by atoms with Crippen LogP contribution in [0.15, 0.2) is 53.2 Å². The van der Waals surface area contributed by atoms with Crippen LogP contribution >= 0.6 is 0 Å². The standard InChI is InChI=1S/C17H18O4/c1-2-14-5-3-6-16(13-14)20-11-12-21-17(18)9-8-15-7-4-10-19-15/h3-10,13H,2,11-12H2,1H3/b9-8+. The van der Waals surface area contributed by atoms with Crippen molar-refractivity contribution in [1.82, 2.24) is 0 Å². The quantitative estimate of drug-likeness (QED) is 0.444. The summed E-state index contributed by atoms with van der Waals surface area (Å²) in [4.78, 5) is 11.4. The number of ether oxygens (including phenoxy) is 2. The first-order valence-corrected chi connectivity index (χ1v) is 6.88. The number of hydrogen-bond acceptors (Lipinski definition) is 4. The van der Waals surface area contributed by atoms with E-state index in [1.54, 1.807) is 24.5 Å². The summed E-state index contributed by atoms with van der Waals surface area (Å²) in [5.74, 6) is 0.980. The van der Waals surface area contributed by atoms with Gasteiger partial charge < -0.3 is 13.9 Å². The predicted molar refractivity (Wildman–Crippen MR) is 80.0 cm³/mol. The van der Waals surface area contributed by atoms with Gasteiger partial charge in [0.25, 0.3) is 0 Å². The Balaban J connectivity index is 1.68. The summed E-state index contributed by atoms with van der Waals surface area (Å²) >= 11 is 0. The van der Waals surface area contributed by atoms with Crippen LogP contribution in [0, 0.1) is 0 Å². The fraction of sp³-hybridized carbons (Fsp3) is 0.235. The SMILES string of the molecule is CCc1cccc(OCCOC(=O)/C=C/c2ccco2)c1. The third kappa shape index (κ3) is 5.18. The fourth-order valence-electron chi connectivity index (χ4n) is 1.74. The summed E-state index contributed by atoms with van der Waals surface area (Å²) in [5, 5.41) is 0. The zero-order valence-electron chi connectivity index (χ0n) is 12.0. The predicted octanol–water partition coefficient (Wildman–Crippen LogP) is 3.48. The largest absolute Gasteiger partial charge is 0.490 e. The average Bonchev–Trinajstić information content (AvgIpc) is 3.03. The second kappa shape index (κ2) is 7.94. The molecule has 1 aromatic heterocycles. The molecule has 1 aromatic carbocycles. The molecule has 0 spiro atoms. The van der Waals surface area contributed by atoms with Gasteiger partial charge in [-0.05, 0) is 42.3 Å². The molecule has 0 saturated carbocycles. The molecule has 0 bridgehead atoms. The number of furan rings is 1. The highest BCUT2D eigenvalue weighted by atomic mass is 16.6. The lowest BCUT2D eigenvalue weighted by Gasteiger charge is -2.07. The summed E-state index contributed by atoms with van der Waals surface area (Å²) in [7, 11) is 0. The summed E-state index contributed by atoms with van der Waals surface area (Å²) in [6.45, 7) is 2.62. The molecule has 0 atom stereocenters. The molecule has 0 radical (unpaired) electrons. The van der Waals surface area contributed by atoms with Crippen LogP contribution in [-0.2, 0) is 16.0 Å². The number of hydrogen-bond donors (Lipinski definition) is 0. The maximum Gasteiger partial charge on any atom is 0.331 e. The maximum absolute atomic E-state index is 11.4. The van der Waals surface area contributed by atoms with E-state index in [-0.39, 0.29) is 6.61 Å². The lowest BCUT2D eigenvalue weighted by Crippen LogP contribution is -2.10. The van der Waals surface area contributed by atoms with Crippen LogP contribution in [0.4, 0.5) is 0 Å². The average molecular weight is 286 g/mol. The van der Waals surface area contributed by atoms with Crippen LogP contribution < -0.4 is 4.74 Å². The van der Waals surface area contributed by atoms with Gasteiger partial charge in [0.2, 0.25) is 0 Å². The van der Waals surface area contributed by atoms with Crippen molar-refractivity contribution in [2.45, 2.75) is 13.3 Å². The first-order valence-electron chi connectivity index (χ1n) is 6.88. The first kappa shape index (κ1) is 14.9. The minimum absolute atomic E-state index is 0.206. The van der Waals surface area contributed by atoms with Crippen molar-refractivity contribution < 1.29 is 18.7 Å². The van der Waals surface area contributed by atoms with Crippen LogP contribution in [0.3, 0.4) is 0 Å². The van der Waals surface area contributed by atoms with Crippen molar-refractivity contribution in [2.24, 2.45) is 0 Å². The number of carbonyl (C=O) groups excluding carboxylic acids is 1. The van der Waals surface area contributed by atoms with E-state index in [1.807, 2.05) is 24.3 Å². The molecule has 0 aliphatic rings. The minimum Gasteiger partial charge on any atom is -0.490 e. The third-order valence-electron chi connectivity index (χ3n) is 2.83. The molecule has 1 heterocycles. The molecule has 4 nitrogen and oxygen atoms in total. The van der Waals surface area contributed by atoms with Crippen LogP contribution in [0.25, 0.3) is 6.08 Å². The minimum atomic E-state index is -0.419.